The third-order valence-corrected chi connectivity index (χ3v) is 2.81. The molecule has 0 radical (unpaired) electrons. The van der Waals surface area contributed by atoms with Crippen LogP contribution in [0.1, 0.15) is 6.42 Å². The molecule has 0 aliphatic rings. The molecule has 3 N–H and O–H groups in total. The molecule has 0 aromatic heterocycles. The molecular weight excluding hydrogens is 282 g/mol. The smallest absolute Gasteiger partial charge is 0.238 e. The normalized spacial score (nSPS) is 10.6. The largest absolute Gasteiger partial charge is 0.330 e. The molecule has 4 nitrogen and oxygen atoms in total. The van der Waals surface area contributed by atoms with Crippen molar-refractivity contribution in [3.63, 3.8) is 0 Å². The molecule has 0 aliphatic heterocycles. The van der Waals surface area contributed by atoms with Crippen LogP contribution in [0.15, 0.2) is 28.7 Å². The van der Waals surface area contributed by atoms with Crippen molar-refractivity contribution in [1.29, 1.82) is 0 Å². The Bertz CT molecular complexity index is 353. The Labute approximate surface area is 110 Å². The third kappa shape index (κ3) is 5.81. The molecule has 0 heterocycles. The molecule has 5 heteroatoms. The van der Waals surface area contributed by atoms with Crippen LogP contribution in [0.2, 0.25) is 0 Å². The van der Waals surface area contributed by atoms with Gasteiger partial charge in [0.2, 0.25) is 5.91 Å². The van der Waals surface area contributed by atoms with E-state index in [0.717, 1.165) is 23.1 Å². The Morgan fingerprint density at radius 2 is 2.06 bits per heavy atom. The number of nitrogens with two attached hydrogens (primary N) is 1. The highest BCUT2D eigenvalue weighted by Gasteiger charge is 2.06. The standard InChI is InChI=1S/C12H18BrN3O/c1-16(8-2-7-14)9-12(17)15-11-5-3-10(13)4-6-11/h3-6H,2,7-9,14H2,1H3,(H,15,17). The summed E-state index contributed by atoms with van der Waals surface area (Å²) in [6.07, 6.45) is 0.905. The maximum absolute atomic E-state index is 11.7. The molecular formula is C12H18BrN3O. The molecule has 0 spiro atoms. The van der Waals surface area contributed by atoms with Gasteiger partial charge in [-0.1, -0.05) is 15.9 Å². The minimum atomic E-state index is -0.00755. The first-order valence-corrected chi connectivity index (χ1v) is 6.35. The van der Waals surface area contributed by atoms with Crippen molar-refractivity contribution in [2.24, 2.45) is 5.73 Å². The van der Waals surface area contributed by atoms with Crippen LogP contribution in [-0.4, -0.2) is 37.5 Å². The summed E-state index contributed by atoms with van der Waals surface area (Å²) in [4.78, 5) is 13.6. The summed E-state index contributed by atoms with van der Waals surface area (Å²) in [6.45, 7) is 1.87. The summed E-state index contributed by atoms with van der Waals surface area (Å²) in [5.41, 5.74) is 6.22. The number of hydrogen-bond donors (Lipinski definition) is 2. The number of anilines is 1. The summed E-state index contributed by atoms with van der Waals surface area (Å²) in [6, 6.07) is 7.52. The van der Waals surface area contributed by atoms with Gasteiger partial charge in [-0.2, -0.15) is 0 Å². The second-order valence-electron chi connectivity index (χ2n) is 3.94. The van der Waals surface area contributed by atoms with Gasteiger partial charge in [0.05, 0.1) is 6.54 Å². The van der Waals surface area contributed by atoms with Crippen molar-refractivity contribution in [1.82, 2.24) is 4.90 Å². The van der Waals surface area contributed by atoms with Gasteiger partial charge in [0.25, 0.3) is 0 Å². The lowest BCUT2D eigenvalue weighted by Gasteiger charge is -2.15. The molecule has 0 saturated heterocycles. The van der Waals surface area contributed by atoms with Crippen LogP contribution in [-0.2, 0) is 4.79 Å². The quantitative estimate of drug-likeness (QED) is 0.840. The fourth-order valence-electron chi connectivity index (χ4n) is 1.42. The first kappa shape index (κ1) is 14.2. The Balaban J connectivity index is 2.36. The number of halogens is 1. The lowest BCUT2D eigenvalue weighted by Crippen LogP contribution is -2.31. The van der Waals surface area contributed by atoms with Crippen LogP contribution < -0.4 is 11.1 Å². The molecule has 1 amide bonds. The maximum atomic E-state index is 11.7. The minimum absolute atomic E-state index is 0.00755. The zero-order valence-electron chi connectivity index (χ0n) is 9.95. The Morgan fingerprint density at radius 1 is 1.41 bits per heavy atom. The summed E-state index contributed by atoms with van der Waals surface area (Å²) < 4.78 is 0.996. The van der Waals surface area contributed by atoms with E-state index in [0.29, 0.717) is 13.1 Å². The molecule has 0 unspecified atom stereocenters. The third-order valence-electron chi connectivity index (χ3n) is 2.29. The van der Waals surface area contributed by atoms with Gasteiger partial charge < -0.3 is 11.1 Å². The number of nitrogens with one attached hydrogen (secondary N) is 1. The van der Waals surface area contributed by atoms with Gasteiger partial charge in [-0.3, -0.25) is 9.69 Å². The van der Waals surface area contributed by atoms with Crippen LogP contribution in [0.3, 0.4) is 0 Å². The van der Waals surface area contributed by atoms with Gasteiger partial charge in [0.1, 0.15) is 0 Å². The van der Waals surface area contributed by atoms with E-state index >= 15 is 0 Å². The first-order valence-electron chi connectivity index (χ1n) is 5.56. The van der Waals surface area contributed by atoms with Crippen LogP contribution >= 0.6 is 15.9 Å². The molecule has 0 aliphatic carbocycles. The lowest BCUT2D eigenvalue weighted by molar-refractivity contribution is -0.117. The van der Waals surface area contributed by atoms with Gasteiger partial charge in [0, 0.05) is 10.2 Å². The van der Waals surface area contributed by atoms with Gasteiger partial charge in [-0.05, 0) is 50.8 Å². The van der Waals surface area contributed by atoms with Crippen LogP contribution in [0.25, 0.3) is 0 Å². The molecule has 1 aromatic carbocycles. The molecule has 0 saturated carbocycles. The summed E-state index contributed by atoms with van der Waals surface area (Å²) >= 11 is 3.35. The van der Waals surface area contributed by atoms with E-state index in [-0.39, 0.29) is 5.91 Å². The van der Waals surface area contributed by atoms with Crippen LogP contribution in [0.4, 0.5) is 5.69 Å². The molecule has 94 valence electrons. The monoisotopic (exact) mass is 299 g/mol. The molecule has 17 heavy (non-hydrogen) atoms. The van der Waals surface area contributed by atoms with Crippen molar-refractivity contribution in [3.8, 4) is 0 Å². The SMILES string of the molecule is CN(CCCN)CC(=O)Nc1ccc(Br)cc1. The Hall–Kier alpha value is -0.910. The number of carbonyl (C=O) groups excluding carboxylic acids is 1. The minimum Gasteiger partial charge on any atom is -0.330 e. The van der Waals surface area contributed by atoms with E-state index in [1.165, 1.54) is 0 Å². The summed E-state index contributed by atoms with van der Waals surface area (Å²) in [5.74, 6) is -0.00755. The second kappa shape index (κ2) is 7.42. The Morgan fingerprint density at radius 3 is 2.65 bits per heavy atom. The summed E-state index contributed by atoms with van der Waals surface area (Å²) in [7, 11) is 1.91. The number of hydrogen-bond acceptors (Lipinski definition) is 3. The molecule has 0 atom stereocenters. The van der Waals surface area contributed by atoms with Crippen LogP contribution in [0.5, 0.6) is 0 Å². The average Bonchev–Trinajstić information content (AvgIpc) is 2.29. The Kier molecular flexibility index (Phi) is 6.18. The van der Waals surface area contributed by atoms with E-state index in [1.807, 2.05) is 36.2 Å². The molecule has 1 rings (SSSR count). The van der Waals surface area contributed by atoms with Gasteiger partial charge >= 0.3 is 0 Å². The highest BCUT2D eigenvalue weighted by Crippen LogP contribution is 2.13. The van der Waals surface area contributed by atoms with E-state index in [9.17, 15) is 4.79 Å². The molecule has 0 fully saturated rings. The number of amides is 1. The topological polar surface area (TPSA) is 58.4 Å². The van der Waals surface area contributed by atoms with Crippen molar-refractivity contribution < 1.29 is 4.79 Å². The number of likely N-dealkylation sites (N-methyl/N-ethyl adjacent to an activating group) is 1. The predicted molar refractivity (Wildman–Crippen MR) is 73.9 cm³/mol. The zero-order chi connectivity index (χ0) is 12.7. The highest BCUT2D eigenvalue weighted by molar-refractivity contribution is 9.10. The number of rotatable bonds is 6. The molecule has 0 bridgehead atoms. The van der Waals surface area contributed by atoms with Crippen molar-refractivity contribution in [3.05, 3.63) is 28.7 Å². The zero-order valence-corrected chi connectivity index (χ0v) is 11.5. The van der Waals surface area contributed by atoms with Crippen LogP contribution in [0, 0.1) is 0 Å². The van der Waals surface area contributed by atoms with Gasteiger partial charge in [-0.15, -0.1) is 0 Å². The fraction of sp³-hybridized carbons (Fsp3) is 0.417. The maximum Gasteiger partial charge on any atom is 0.238 e. The van der Waals surface area contributed by atoms with Crippen molar-refractivity contribution >= 4 is 27.5 Å². The van der Waals surface area contributed by atoms with Crippen molar-refractivity contribution in [2.75, 3.05) is 32.0 Å². The van der Waals surface area contributed by atoms with Crippen molar-refractivity contribution in [2.45, 2.75) is 6.42 Å². The van der Waals surface area contributed by atoms with E-state index in [4.69, 9.17) is 5.73 Å². The van der Waals surface area contributed by atoms with E-state index < -0.39 is 0 Å². The summed E-state index contributed by atoms with van der Waals surface area (Å²) in [5, 5.41) is 2.84. The van der Waals surface area contributed by atoms with Gasteiger partial charge in [0.15, 0.2) is 0 Å². The van der Waals surface area contributed by atoms with Gasteiger partial charge in [-0.25, -0.2) is 0 Å². The highest BCUT2D eigenvalue weighted by atomic mass is 79.9. The number of nitrogens with zero attached hydrogens (tertiary/aromatic N) is 1. The van der Waals surface area contributed by atoms with E-state index in [1.54, 1.807) is 0 Å². The number of benzene rings is 1. The second-order valence-corrected chi connectivity index (χ2v) is 4.85. The first-order chi connectivity index (χ1) is 8.11. The number of carbonyl (C=O) groups is 1. The average molecular weight is 300 g/mol. The predicted octanol–water partition coefficient (Wildman–Crippen LogP) is 1.67. The fourth-order valence-corrected chi connectivity index (χ4v) is 1.68. The van der Waals surface area contributed by atoms with E-state index in [2.05, 4.69) is 21.2 Å². The lowest BCUT2D eigenvalue weighted by atomic mass is 10.3. The molecule has 1 aromatic rings.